The molecule has 2 aromatic rings. The summed E-state index contributed by atoms with van der Waals surface area (Å²) in [5.41, 5.74) is 2.38. The van der Waals surface area contributed by atoms with Gasteiger partial charge in [0.2, 0.25) is 5.91 Å². The number of aryl methyl sites for hydroxylation is 1. The Kier molecular flexibility index (Phi) is 7.77. The summed E-state index contributed by atoms with van der Waals surface area (Å²) in [6, 6.07) is 12.9. The molecule has 2 aliphatic heterocycles. The van der Waals surface area contributed by atoms with Gasteiger partial charge in [-0.05, 0) is 87.1 Å². The van der Waals surface area contributed by atoms with Gasteiger partial charge in [-0.3, -0.25) is 9.59 Å². The van der Waals surface area contributed by atoms with Gasteiger partial charge in [0.1, 0.15) is 11.9 Å². The van der Waals surface area contributed by atoms with Gasteiger partial charge in [0.25, 0.3) is 5.91 Å². The Labute approximate surface area is 205 Å². The maximum atomic E-state index is 13.4. The molecule has 2 saturated heterocycles. The maximum Gasteiger partial charge on any atom is 0.251 e. The first kappa shape index (κ1) is 24.1. The molecule has 2 N–H and O–H groups in total. The first-order valence-electron chi connectivity index (χ1n) is 11.9. The minimum absolute atomic E-state index is 0.0171. The zero-order valence-electron chi connectivity index (χ0n) is 19.4. The lowest BCUT2D eigenvalue weighted by atomic mass is 9.88. The molecule has 0 saturated carbocycles. The molecule has 0 aliphatic carbocycles. The van der Waals surface area contributed by atoms with E-state index in [1.54, 1.807) is 24.3 Å². The Morgan fingerprint density at radius 1 is 0.941 bits per heavy atom. The van der Waals surface area contributed by atoms with Crippen LogP contribution in [0.15, 0.2) is 48.5 Å². The first-order valence-corrected chi connectivity index (χ1v) is 12.3. The van der Waals surface area contributed by atoms with Crippen LogP contribution in [-0.4, -0.2) is 58.9 Å². The van der Waals surface area contributed by atoms with Crippen LogP contribution in [-0.2, 0) is 4.79 Å². The van der Waals surface area contributed by atoms with Crippen LogP contribution in [0.2, 0.25) is 0 Å². The fraction of sp³-hybridized carbons (Fsp3) is 0.423. The third kappa shape index (κ3) is 5.91. The third-order valence-electron chi connectivity index (χ3n) is 6.68. The minimum Gasteiger partial charge on any atom is -0.349 e. The molecule has 0 aromatic heterocycles. The number of carbonyl (C=O) groups is 2. The normalized spacial score (nSPS) is 17.4. The van der Waals surface area contributed by atoms with E-state index in [1.807, 2.05) is 24.0 Å². The Balaban J connectivity index is 1.40. The van der Waals surface area contributed by atoms with Gasteiger partial charge in [-0.1, -0.05) is 17.7 Å². The van der Waals surface area contributed by atoms with E-state index in [1.165, 1.54) is 12.1 Å². The predicted octanol–water partition coefficient (Wildman–Crippen LogP) is 3.96. The molecule has 2 heterocycles. The molecule has 2 aliphatic rings. The summed E-state index contributed by atoms with van der Waals surface area (Å²) < 4.78 is 13.2. The van der Waals surface area contributed by atoms with E-state index in [9.17, 15) is 14.0 Å². The number of hydrogen-bond donors (Lipinski definition) is 2. The number of halogens is 1. The molecule has 34 heavy (non-hydrogen) atoms. The summed E-state index contributed by atoms with van der Waals surface area (Å²) in [7, 11) is 0. The number of likely N-dealkylation sites (tertiary alicyclic amines) is 2. The van der Waals surface area contributed by atoms with Crippen molar-refractivity contribution in [1.82, 2.24) is 15.1 Å². The summed E-state index contributed by atoms with van der Waals surface area (Å²) in [5.74, 6) is -0.456. The number of hydrogen-bond acceptors (Lipinski definition) is 3. The van der Waals surface area contributed by atoms with Gasteiger partial charge in [0.05, 0.1) is 0 Å². The Hall–Kier alpha value is -3.00. The van der Waals surface area contributed by atoms with Gasteiger partial charge >= 0.3 is 0 Å². The predicted molar refractivity (Wildman–Crippen MR) is 135 cm³/mol. The van der Waals surface area contributed by atoms with Gasteiger partial charge in [0.15, 0.2) is 5.11 Å². The topological polar surface area (TPSA) is 64.7 Å². The molecule has 2 fully saturated rings. The molecule has 180 valence electrons. The molecular weight excluding hydrogens is 451 g/mol. The first-order chi connectivity index (χ1) is 16.4. The highest BCUT2D eigenvalue weighted by molar-refractivity contribution is 7.80. The number of thiocarbonyl (C=S) groups is 1. The molecule has 0 bridgehead atoms. The molecule has 0 radical (unpaired) electrons. The van der Waals surface area contributed by atoms with Crippen LogP contribution < -0.4 is 10.6 Å². The summed E-state index contributed by atoms with van der Waals surface area (Å²) in [4.78, 5) is 30.3. The van der Waals surface area contributed by atoms with Crippen molar-refractivity contribution >= 4 is 34.8 Å². The summed E-state index contributed by atoms with van der Waals surface area (Å²) in [6.45, 7) is 4.84. The van der Waals surface area contributed by atoms with Crippen molar-refractivity contribution in [3.8, 4) is 0 Å². The molecule has 4 rings (SSSR count). The van der Waals surface area contributed by atoms with E-state index in [-0.39, 0.29) is 23.5 Å². The number of nitrogens with one attached hydrogen (secondary N) is 2. The number of carbonyl (C=O) groups excluding carboxylic acids is 2. The number of anilines is 1. The number of rotatable bonds is 5. The van der Waals surface area contributed by atoms with Crippen molar-refractivity contribution in [2.24, 2.45) is 5.92 Å². The van der Waals surface area contributed by atoms with Crippen molar-refractivity contribution < 1.29 is 14.0 Å². The molecule has 6 nitrogen and oxygen atoms in total. The fourth-order valence-corrected chi connectivity index (χ4v) is 4.92. The quantitative estimate of drug-likeness (QED) is 0.632. The lowest BCUT2D eigenvalue weighted by Gasteiger charge is -2.38. The standard InChI is InChI=1S/C26H31FN4O2S/c1-18-4-6-20(7-5-18)24(32)29-23(25(33)30-14-2-3-15-30)19-12-16-31(17-13-19)26(34)28-22-10-8-21(27)9-11-22/h4-11,19,23H,2-3,12-17H2,1H3,(H,28,34)(H,29,32). The molecule has 2 aromatic carbocycles. The van der Waals surface area contributed by atoms with Gasteiger partial charge in [-0.2, -0.15) is 0 Å². The van der Waals surface area contributed by atoms with Gasteiger partial charge in [-0.25, -0.2) is 4.39 Å². The monoisotopic (exact) mass is 482 g/mol. The van der Waals surface area contributed by atoms with E-state index in [0.717, 1.165) is 50.0 Å². The lowest BCUT2D eigenvalue weighted by Crippen LogP contribution is -2.54. The molecule has 0 spiro atoms. The average Bonchev–Trinajstić information content (AvgIpc) is 3.39. The Morgan fingerprint density at radius 2 is 1.56 bits per heavy atom. The largest absolute Gasteiger partial charge is 0.349 e. The Bertz CT molecular complexity index is 1010. The number of benzene rings is 2. The van der Waals surface area contributed by atoms with Crippen LogP contribution in [0.1, 0.15) is 41.6 Å². The number of piperidine rings is 1. The van der Waals surface area contributed by atoms with Crippen molar-refractivity contribution in [3.05, 3.63) is 65.5 Å². The minimum atomic E-state index is -0.548. The molecule has 1 atom stereocenters. The SMILES string of the molecule is Cc1ccc(C(=O)NC(C(=O)N2CCCC2)C2CCN(C(=S)Nc3ccc(F)cc3)CC2)cc1. The zero-order valence-corrected chi connectivity index (χ0v) is 20.2. The van der Waals surface area contributed by atoms with Gasteiger partial charge in [0, 0.05) is 37.4 Å². The van der Waals surface area contributed by atoms with E-state index in [0.29, 0.717) is 23.8 Å². The van der Waals surface area contributed by atoms with E-state index in [4.69, 9.17) is 12.2 Å². The van der Waals surface area contributed by atoms with Crippen LogP contribution in [0.4, 0.5) is 10.1 Å². The Morgan fingerprint density at radius 3 is 2.18 bits per heavy atom. The van der Waals surface area contributed by atoms with Crippen molar-refractivity contribution in [3.63, 3.8) is 0 Å². The number of amides is 2. The van der Waals surface area contributed by atoms with Crippen LogP contribution in [0, 0.1) is 18.7 Å². The molecule has 8 heteroatoms. The van der Waals surface area contributed by atoms with Crippen LogP contribution >= 0.6 is 12.2 Å². The molecule has 1 unspecified atom stereocenters. The van der Waals surface area contributed by atoms with Crippen LogP contribution in [0.25, 0.3) is 0 Å². The smallest absolute Gasteiger partial charge is 0.251 e. The van der Waals surface area contributed by atoms with Crippen LogP contribution in [0.5, 0.6) is 0 Å². The van der Waals surface area contributed by atoms with Crippen LogP contribution in [0.3, 0.4) is 0 Å². The van der Waals surface area contributed by atoms with E-state index >= 15 is 0 Å². The van der Waals surface area contributed by atoms with E-state index in [2.05, 4.69) is 15.5 Å². The second-order valence-electron chi connectivity index (χ2n) is 9.11. The highest BCUT2D eigenvalue weighted by atomic mass is 32.1. The lowest BCUT2D eigenvalue weighted by molar-refractivity contribution is -0.134. The fourth-order valence-electron chi connectivity index (χ4n) is 4.62. The van der Waals surface area contributed by atoms with Gasteiger partial charge < -0.3 is 20.4 Å². The zero-order chi connectivity index (χ0) is 24.1. The second kappa shape index (κ2) is 11.0. The average molecular weight is 483 g/mol. The van der Waals surface area contributed by atoms with Gasteiger partial charge in [-0.15, -0.1) is 0 Å². The molecular formula is C26H31FN4O2S. The van der Waals surface area contributed by atoms with E-state index < -0.39 is 6.04 Å². The summed E-state index contributed by atoms with van der Waals surface area (Å²) in [5, 5.41) is 6.79. The summed E-state index contributed by atoms with van der Waals surface area (Å²) in [6.07, 6.45) is 3.49. The highest BCUT2D eigenvalue weighted by Crippen LogP contribution is 2.25. The highest BCUT2D eigenvalue weighted by Gasteiger charge is 2.36. The third-order valence-corrected chi connectivity index (χ3v) is 7.04. The molecule has 2 amide bonds. The number of nitrogens with zero attached hydrogens (tertiary/aromatic N) is 2. The second-order valence-corrected chi connectivity index (χ2v) is 9.50. The van der Waals surface area contributed by atoms with Crippen molar-refractivity contribution in [2.75, 3.05) is 31.5 Å². The van der Waals surface area contributed by atoms with Crippen molar-refractivity contribution in [1.29, 1.82) is 0 Å². The maximum absolute atomic E-state index is 13.4. The summed E-state index contributed by atoms with van der Waals surface area (Å²) >= 11 is 5.55. The van der Waals surface area contributed by atoms with Crippen molar-refractivity contribution in [2.45, 2.75) is 38.6 Å².